The summed E-state index contributed by atoms with van der Waals surface area (Å²) in [6.45, 7) is 41.3. The lowest BCUT2D eigenvalue weighted by Crippen LogP contribution is -2.43. The summed E-state index contributed by atoms with van der Waals surface area (Å²) in [5.74, 6) is -1.09. The molecule has 5 N–H and O–H groups in total. The molecule has 0 saturated carbocycles. The van der Waals surface area contributed by atoms with Crippen LogP contribution in [0.25, 0.3) is 0 Å². The Morgan fingerprint density at radius 3 is 0.767 bits per heavy atom. The number of hydrogen-bond acceptors (Lipinski definition) is 36. The summed E-state index contributed by atoms with van der Waals surface area (Å²) in [7, 11) is 0. The van der Waals surface area contributed by atoms with E-state index in [4.69, 9.17) is 137 Å². The number of carbonyl (C=O) groups excluding carboxylic acids is 5. The van der Waals surface area contributed by atoms with Gasteiger partial charge in [-0.1, -0.05) is 150 Å². The minimum Gasteiger partial charge on any atom is -0.508 e. The summed E-state index contributed by atoms with van der Waals surface area (Å²) >= 11 is 0. The molecule has 146 heavy (non-hydrogen) atoms. The van der Waals surface area contributed by atoms with Crippen LogP contribution in [0.5, 0.6) is 11.5 Å². The fourth-order valence-electron chi connectivity index (χ4n) is 11.6. The van der Waals surface area contributed by atoms with Gasteiger partial charge in [0.15, 0.2) is 0 Å². The number of alkyl carbamates (subject to hydrolysis) is 1. The fourth-order valence-corrected chi connectivity index (χ4v) is 11.6. The van der Waals surface area contributed by atoms with Crippen LogP contribution in [0.3, 0.4) is 0 Å². The molecule has 0 bridgehead atoms. The van der Waals surface area contributed by atoms with Gasteiger partial charge in [0, 0.05) is 38.9 Å². The third-order valence-electron chi connectivity index (χ3n) is 18.9. The second-order valence-corrected chi connectivity index (χ2v) is 32.2. The van der Waals surface area contributed by atoms with Crippen LogP contribution in [0.1, 0.15) is 109 Å². The number of ether oxygens (including phenoxy) is 29. The van der Waals surface area contributed by atoms with E-state index in [1.165, 1.54) is 17.7 Å². The molecule has 0 aliphatic carbocycles. The molecule has 0 fully saturated rings. The lowest BCUT2D eigenvalue weighted by Gasteiger charge is -2.19. The molecule has 0 unspecified atom stereocenters. The lowest BCUT2D eigenvalue weighted by molar-refractivity contribution is -0.149. The quantitative estimate of drug-likeness (QED) is 0.0104. The van der Waals surface area contributed by atoms with Crippen LogP contribution in [0.15, 0.2) is 140 Å². The topological polar surface area (TPSA) is 421 Å². The molecule has 0 aromatic heterocycles. The Labute approximate surface area is 867 Å². The average Bonchev–Trinajstić information content (AvgIpc) is 0.875. The van der Waals surface area contributed by atoms with Crippen molar-refractivity contribution in [1.82, 2.24) is 21.3 Å². The molecule has 2 atom stereocenters. The fraction of sp³-hybridized carbons (Fsp3) is 0.673. The zero-order valence-electron chi connectivity index (χ0n) is 88.4. The Balaban J connectivity index is 0.000000875. The Hall–Kier alpha value is -8.19. The number of carbonyl (C=O) groups is 5. The molecular weight excluding hydrogens is 1900 g/mol. The van der Waals surface area contributed by atoms with Gasteiger partial charge in [-0.3, -0.25) is 14.9 Å². The summed E-state index contributed by atoms with van der Waals surface area (Å²) < 4.78 is 159. The van der Waals surface area contributed by atoms with Gasteiger partial charge in [-0.15, -0.1) is 0 Å². The SMILES string of the molecule is CC.CCCOCCOCCOCCOCCOCCOCCOCCOCCOCCOCCOCCOCCC(=O)N[C@@H](Cc1ccc(O)cc1)C(=O)OCc1ccccc1.CCCOCCOCCOCCOCCOCCOCCOCCOCCOCCOCCOCCOCCC(=O)N[C@@H](Cc1ccc(OCCNC(=O)OC(C)(C)C)cc1)C(=O)OCc1ccccc1.CCNCOCc1ccccc1. The van der Waals surface area contributed by atoms with Crippen molar-refractivity contribution in [2.45, 2.75) is 131 Å². The highest BCUT2D eigenvalue weighted by Crippen LogP contribution is 2.17. The summed E-state index contributed by atoms with van der Waals surface area (Å²) in [4.78, 5) is 63.4. The Bertz CT molecular complexity index is 3670. The first-order chi connectivity index (χ1) is 71.7. The van der Waals surface area contributed by atoms with E-state index in [9.17, 15) is 29.1 Å². The molecular formula is C107H176N4O35. The maximum absolute atomic E-state index is 13.2. The van der Waals surface area contributed by atoms with Gasteiger partial charge in [0.05, 0.1) is 324 Å². The van der Waals surface area contributed by atoms with E-state index in [0.717, 1.165) is 54.9 Å². The molecule has 5 rings (SSSR count). The van der Waals surface area contributed by atoms with Crippen LogP contribution in [0, 0.1) is 0 Å². The van der Waals surface area contributed by atoms with E-state index in [1.807, 2.05) is 105 Å². The van der Waals surface area contributed by atoms with E-state index in [2.05, 4.69) is 54.2 Å². The first kappa shape index (κ1) is 134. The molecule has 0 aliphatic heterocycles. The Morgan fingerprint density at radius 2 is 0.521 bits per heavy atom. The third-order valence-corrected chi connectivity index (χ3v) is 18.9. The highest BCUT2D eigenvalue weighted by molar-refractivity contribution is 5.85. The van der Waals surface area contributed by atoms with Crippen molar-refractivity contribution in [3.63, 3.8) is 0 Å². The second kappa shape index (κ2) is 103. The maximum atomic E-state index is 13.2. The number of benzene rings is 5. The van der Waals surface area contributed by atoms with Gasteiger partial charge < -0.3 is 158 Å². The van der Waals surface area contributed by atoms with Crippen LogP contribution in [-0.2, 0) is 184 Å². The summed E-state index contributed by atoms with van der Waals surface area (Å²) in [6.07, 6.45) is 2.04. The van der Waals surface area contributed by atoms with Crippen molar-refractivity contribution >= 4 is 29.8 Å². The Morgan fingerprint density at radius 1 is 0.281 bits per heavy atom. The minimum absolute atomic E-state index is 0.0473. The summed E-state index contributed by atoms with van der Waals surface area (Å²) in [5.41, 5.74) is 3.86. The predicted molar refractivity (Wildman–Crippen MR) is 549 cm³/mol. The van der Waals surface area contributed by atoms with Crippen LogP contribution in [-0.4, -0.2) is 396 Å². The van der Waals surface area contributed by atoms with Crippen molar-refractivity contribution < 1.29 is 166 Å². The first-order valence-corrected chi connectivity index (χ1v) is 51.3. The van der Waals surface area contributed by atoms with Gasteiger partial charge in [-0.05, 0) is 92.2 Å². The molecule has 3 amide bonds. The molecule has 0 heterocycles. The monoisotopic (exact) mass is 2080 g/mol. The van der Waals surface area contributed by atoms with E-state index >= 15 is 0 Å². The summed E-state index contributed by atoms with van der Waals surface area (Å²) in [6, 6.07) is 40.6. The number of phenolic OH excluding ortho intramolecular Hbond substituents is 1. The average molecular weight is 2080 g/mol. The molecule has 0 spiro atoms. The molecule has 0 radical (unpaired) electrons. The first-order valence-electron chi connectivity index (χ1n) is 51.3. The van der Waals surface area contributed by atoms with E-state index < -0.39 is 35.7 Å². The van der Waals surface area contributed by atoms with Gasteiger partial charge in [0.1, 0.15) is 49.0 Å². The van der Waals surface area contributed by atoms with Crippen LogP contribution >= 0.6 is 0 Å². The van der Waals surface area contributed by atoms with Gasteiger partial charge in [-0.25, -0.2) is 14.4 Å². The number of phenols is 1. The van der Waals surface area contributed by atoms with Gasteiger partial charge in [0.25, 0.3) is 0 Å². The van der Waals surface area contributed by atoms with Crippen molar-refractivity contribution in [1.29, 1.82) is 0 Å². The van der Waals surface area contributed by atoms with Crippen LogP contribution in [0.2, 0.25) is 0 Å². The standard InChI is InChI=1S/C51H84N2O18.C44H71NO16.C10H15NO.C2H6/c1-5-17-57-20-22-59-24-26-61-28-30-63-32-34-65-36-38-67-40-41-68-39-37-66-35-33-64-31-29-62-27-25-60-23-21-58-18-15-48(54)53-47(49(55)70-43-45-9-7-6-8-10-45)42-44-11-13-46(14-12-44)69-19-16-52-50(56)71-51(2,3)4;1-2-13-49-15-17-51-19-21-53-23-25-55-27-29-57-31-33-59-35-36-60-34-32-58-30-28-56-26-24-54-22-20-52-18-16-50-14-12-43(47)45-42(37-39-8-10-41(46)11-9-39)44(48)61-38-40-6-4-3-5-7-40;1-2-11-9-12-8-10-6-4-3-5-7-10;1-2/h6-14,47H,5,15-43H2,1-4H3,(H,52,56)(H,53,54);3-11,42,46H,2,12-38H2,1H3,(H,45,47);3-7,11H,2,8-9H2,1H3;1-2H3/t47-;42-;;/m00../s1. The zero-order valence-corrected chi connectivity index (χ0v) is 88.4. The highest BCUT2D eigenvalue weighted by Gasteiger charge is 2.26. The second-order valence-electron chi connectivity index (χ2n) is 32.2. The number of rotatable bonds is 97. The number of esters is 2. The largest absolute Gasteiger partial charge is 0.508 e. The lowest BCUT2D eigenvalue weighted by atomic mass is 10.1. The highest BCUT2D eigenvalue weighted by atomic mass is 16.6. The molecule has 5 aromatic carbocycles. The van der Waals surface area contributed by atoms with Crippen molar-refractivity contribution in [3.05, 3.63) is 167 Å². The van der Waals surface area contributed by atoms with Crippen molar-refractivity contribution in [2.24, 2.45) is 0 Å². The smallest absolute Gasteiger partial charge is 0.407 e. The number of aromatic hydroxyl groups is 1. The van der Waals surface area contributed by atoms with Crippen molar-refractivity contribution in [2.75, 3.05) is 344 Å². The van der Waals surface area contributed by atoms with E-state index in [-0.39, 0.29) is 82.8 Å². The zero-order chi connectivity index (χ0) is 105. The minimum atomic E-state index is -0.924. The molecule has 834 valence electrons. The van der Waals surface area contributed by atoms with Gasteiger partial charge in [-0.2, -0.15) is 0 Å². The Kier molecular flexibility index (Phi) is 94.1. The molecule has 39 heteroatoms. The van der Waals surface area contributed by atoms with Gasteiger partial charge in [0.2, 0.25) is 11.8 Å². The van der Waals surface area contributed by atoms with Crippen molar-refractivity contribution in [3.8, 4) is 11.5 Å². The predicted octanol–water partition coefficient (Wildman–Crippen LogP) is 10.3. The maximum Gasteiger partial charge on any atom is 0.407 e. The van der Waals surface area contributed by atoms with Crippen LogP contribution < -0.4 is 26.0 Å². The summed E-state index contributed by atoms with van der Waals surface area (Å²) in [5, 5.41) is 20.9. The molecule has 0 aliphatic rings. The molecule has 39 nitrogen and oxygen atoms in total. The van der Waals surface area contributed by atoms with Crippen LogP contribution in [0.4, 0.5) is 4.79 Å². The van der Waals surface area contributed by atoms with E-state index in [1.54, 1.807) is 45.0 Å². The van der Waals surface area contributed by atoms with Gasteiger partial charge >= 0.3 is 18.0 Å². The normalized spacial score (nSPS) is 11.6. The third kappa shape index (κ3) is 89.8. The number of hydrogen-bond donors (Lipinski definition) is 5. The molecule has 0 saturated heterocycles. The van der Waals surface area contributed by atoms with E-state index in [0.29, 0.717) is 310 Å². The number of nitrogens with one attached hydrogen (secondary N) is 4. The number of amides is 3. The molecule has 5 aromatic rings.